The number of aryl methyl sites for hydroxylation is 1. The lowest BCUT2D eigenvalue weighted by atomic mass is 9.86. The number of fused-ring (bicyclic) bond motifs is 1. The van der Waals surface area contributed by atoms with Crippen LogP contribution in [-0.2, 0) is 6.42 Å². The van der Waals surface area contributed by atoms with Gasteiger partial charge in [-0.25, -0.2) is 8.78 Å². The lowest BCUT2D eigenvalue weighted by molar-refractivity contribution is 0.0891. The summed E-state index contributed by atoms with van der Waals surface area (Å²) in [6.45, 7) is 2.96. The third-order valence-corrected chi connectivity index (χ3v) is 5.68. The lowest BCUT2D eigenvalue weighted by Crippen LogP contribution is -2.50. The highest BCUT2D eigenvalue weighted by Gasteiger charge is 2.32. The number of halogens is 3. The highest BCUT2D eigenvalue weighted by atomic mass is 35.5. The van der Waals surface area contributed by atoms with E-state index >= 15 is 0 Å². The molecule has 2 aromatic rings. The van der Waals surface area contributed by atoms with Crippen LogP contribution < -0.4 is 10.6 Å². The van der Waals surface area contributed by atoms with Crippen molar-refractivity contribution >= 4 is 24.1 Å². The van der Waals surface area contributed by atoms with Crippen molar-refractivity contribution in [1.29, 1.82) is 0 Å². The number of furan rings is 1. The van der Waals surface area contributed by atoms with Gasteiger partial charge < -0.3 is 15.1 Å². The first kappa shape index (κ1) is 21.5. The fourth-order valence-electron chi connectivity index (χ4n) is 4.25. The molecule has 2 unspecified atom stereocenters. The Hall–Kier alpha value is -2.25. The molecule has 2 N–H and O–H groups in total. The Morgan fingerprint density at radius 2 is 2.03 bits per heavy atom. The molecule has 4 rings (SSSR count). The Labute approximate surface area is 173 Å². The van der Waals surface area contributed by atoms with Crippen LogP contribution in [0, 0.1) is 18.6 Å². The average molecular weight is 425 g/mol. The second-order valence-corrected chi connectivity index (χ2v) is 7.48. The molecule has 2 aliphatic rings. The molecule has 1 aliphatic heterocycles. The normalized spacial score (nSPS) is 21.3. The van der Waals surface area contributed by atoms with Gasteiger partial charge in [-0.15, -0.1) is 12.4 Å². The van der Waals surface area contributed by atoms with Crippen molar-refractivity contribution in [3.05, 3.63) is 58.0 Å². The number of carbonyl (C=O) groups is 2. The van der Waals surface area contributed by atoms with E-state index in [0.717, 1.165) is 19.0 Å². The number of hydrogen-bond acceptors (Lipinski definition) is 4. The predicted octanol–water partition coefficient (Wildman–Crippen LogP) is 3.68. The van der Waals surface area contributed by atoms with Gasteiger partial charge in [0.25, 0.3) is 5.91 Å². The van der Waals surface area contributed by atoms with E-state index in [1.54, 1.807) is 13.0 Å². The van der Waals surface area contributed by atoms with E-state index in [0.29, 0.717) is 48.3 Å². The topological polar surface area (TPSA) is 71.3 Å². The Bertz CT molecular complexity index is 944. The number of ketones is 1. The second-order valence-electron chi connectivity index (χ2n) is 7.48. The zero-order chi connectivity index (χ0) is 19.8. The zero-order valence-electron chi connectivity index (χ0n) is 16.0. The molecule has 1 aliphatic carbocycles. The minimum Gasteiger partial charge on any atom is -0.455 e. The largest absolute Gasteiger partial charge is 0.455 e. The van der Waals surface area contributed by atoms with Gasteiger partial charge in [-0.2, -0.15) is 0 Å². The van der Waals surface area contributed by atoms with E-state index in [4.69, 9.17) is 4.42 Å². The molecular weight excluding hydrogens is 402 g/mol. The fraction of sp³-hybridized carbons (Fsp3) is 0.429. The molecule has 2 heterocycles. The van der Waals surface area contributed by atoms with Crippen molar-refractivity contribution in [2.75, 3.05) is 13.1 Å². The Balaban J connectivity index is 0.00000240. The minimum absolute atomic E-state index is 0. The molecule has 0 saturated carbocycles. The molecule has 5 nitrogen and oxygen atoms in total. The molecule has 0 spiro atoms. The molecular formula is C21H23ClF2N2O3. The molecule has 1 fully saturated rings. The molecule has 0 bridgehead atoms. The van der Waals surface area contributed by atoms with Gasteiger partial charge >= 0.3 is 0 Å². The summed E-state index contributed by atoms with van der Waals surface area (Å²) >= 11 is 0. The van der Waals surface area contributed by atoms with Crippen LogP contribution in [0.5, 0.6) is 0 Å². The summed E-state index contributed by atoms with van der Waals surface area (Å²) in [4.78, 5) is 25.0. The van der Waals surface area contributed by atoms with Gasteiger partial charge in [0.05, 0.1) is 5.56 Å². The van der Waals surface area contributed by atoms with Crippen LogP contribution in [0.1, 0.15) is 63.0 Å². The number of benzene rings is 1. The maximum Gasteiger partial charge on any atom is 0.287 e. The first-order chi connectivity index (χ1) is 13.5. The maximum atomic E-state index is 13.7. The SMILES string of the molecule is Cc1c(C(=O)NC2CNCCC2c2ccc(F)c(F)c2)oc2c1C(=O)CCC2.Cl. The summed E-state index contributed by atoms with van der Waals surface area (Å²) < 4.78 is 32.7. The van der Waals surface area contributed by atoms with Crippen LogP contribution >= 0.6 is 12.4 Å². The van der Waals surface area contributed by atoms with Gasteiger partial charge in [-0.1, -0.05) is 6.07 Å². The standard InChI is InChI=1S/C21H22F2N2O3.ClH/c1-11-19-17(26)3-2-4-18(19)28-20(11)21(27)25-16-10-24-8-7-13(16)12-5-6-14(22)15(23)9-12;/h5-6,9,13,16,24H,2-4,7-8,10H2,1H3,(H,25,27);1H. The molecule has 1 aromatic heterocycles. The van der Waals surface area contributed by atoms with Crippen molar-refractivity contribution in [1.82, 2.24) is 10.6 Å². The predicted molar refractivity (Wildman–Crippen MR) is 106 cm³/mol. The number of piperidine rings is 1. The number of Topliss-reactive ketones (excluding diaryl/α,β-unsaturated/α-hetero) is 1. The number of hydrogen-bond donors (Lipinski definition) is 2. The molecule has 29 heavy (non-hydrogen) atoms. The van der Waals surface area contributed by atoms with Crippen molar-refractivity contribution in [3.8, 4) is 0 Å². The second kappa shape index (κ2) is 8.63. The summed E-state index contributed by atoms with van der Waals surface area (Å²) in [7, 11) is 0. The van der Waals surface area contributed by atoms with E-state index < -0.39 is 11.6 Å². The van der Waals surface area contributed by atoms with Gasteiger partial charge in [-0.05, 0) is 44.0 Å². The summed E-state index contributed by atoms with van der Waals surface area (Å²) in [6.07, 6.45) is 2.53. The maximum absolute atomic E-state index is 13.7. The van der Waals surface area contributed by atoms with Gasteiger partial charge in [0.2, 0.25) is 0 Å². The molecule has 2 atom stereocenters. The van der Waals surface area contributed by atoms with Gasteiger partial charge in [0.1, 0.15) is 5.76 Å². The molecule has 0 radical (unpaired) electrons. The molecule has 1 amide bonds. The van der Waals surface area contributed by atoms with E-state index in [9.17, 15) is 18.4 Å². The number of amides is 1. The van der Waals surface area contributed by atoms with Gasteiger partial charge in [0.15, 0.2) is 23.2 Å². The molecule has 1 aromatic carbocycles. The van der Waals surface area contributed by atoms with E-state index in [1.165, 1.54) is 6.07 Å². The Morgan fingerprint density at radius 3 is 2.76 bits per heavy atom. The van der Waals surface area contributed by atoms with Crippen molar-refractivity contribution in [2.45, 2.75) is 44.6 Å². The summed E-state index contributed by atoms with van der Waals surface area (Å²) in [5.41, 5.74) is 1.76. The monoisotopic (exact) mass is 424 g/mol. The first-order valence-electron chi connectivity index (χ1n) is 9.57. The van der Waals surface area contributed by atoms with E-state index in [-0.39, 0.29) is 41.8 Å². The number of carbonyl (C=O) groups excluding carboxylic acids is 2. The van der Waals surface area contributed by atoms with E-state index in [2.05, 4.69) is 10.6 Å². The van der Waals surface area contributed by atoms with Crippen LogP contribution in [0.4, 0.5) is 8.78 Å². The fourth-order valence-corrected chi connectivity index (χ4v) is 4.25. The minimum atomic E-state index is -0.894. The first-order valence-corrected chi connectivity index (χ1v) is 9.57. The van der Waals surface area contributed by atoms with Crippen molar-refractivity contribution in [2.24, 2.45) is 0 Å². The van der Waals surface area contributed by atoms with Crippen LogP contribution in [0.3, 0.4) is 0 Å². The summed E-state index contributed by atoms with van der Waals surface area (Å²) in [5.74, 6) is -1.56. The smallest absolute Gasteiger partial charge is 0.287 e. The summed E-state index contributed by atoms with van der Waals surface area (Å²) in [5, 5.41) is 6.18. The van der Waals surface area contributed by atoms with E-state index in [1.807, 2.05) is 0 Å². The average Bonchev–Trinajstić information content (AvgIpc) is 3.02. The lowest BCUT2D eigenvalue weighted by Gasteiger charge is -2.33. The van der Waals surface area contributed by atoms with Crippen molar-refractivity contribution in [3.63, 3.8) is 0 Å². The molecule has 8 heteroatoms. The van der Waals surface area contributed by atoms with Gasteiger partial charge in [0, 0.05) is 36.9 Å². The van der Waals surface area contributed by atoms with Crippen molar-refractivity contribution < 1.29 is 22.8 Å². The number of nitrogens with one attached hydrogen (secondary N) is 2. The Kier molecular flexibility index (Phi) is 6.39. The highest BCUT2D eigenvalue weighted by Crippen LogP contribution is 2.31. The third kappa shape index (κ3) is 4.07. The number of rotatable bonds is 3. The molecule has 1 saturated heterocycles. The van der Waals surface area contributed by atoms with Crippen LogP contribution in [0.15, 0.2) is 22.6 Å². The Morgan fingerprint density at radius 1 is 1.24 bits per heavy atom. The quantitative estimate of drug-likeness (QED) is 0.788. The zero-order valence-corrected chi connectivity index (χ0v) is 16.8. The van der Waals surface area contributed by atoms with Crippen LogP contribution in [0.2, 0.25) is 0 Å². The highest BCUT2D eigenvalue weighted by molar-refractivity contribution is 6.03. The molecule has 156 valence electrons. The summed E-state index contributed by atoms with van der Waals surface area (Å²) in [6, 6.07) is 3.56. The van der Waals surface area contributed by atoms with Crippen LogP contribution in [0.25, 0.3) is 0 Å². The van der Waals surface area contributed by atoms with Gasteiger partial charge in [-0.3, -0.25) is 9.59 Å². The van der Waals surface area contributed by atoms with Crippen LogP contribution in [-0.4, -0.2) is 30.8 Å². The third-order valence-electron chi connectivity index (χ3n) is 5.68.